The van der Waals surface area contributed by atoms with Gasteiger partial charge < -0.3 is 20.9 Å². The summed E-state index contributed by atoms with van der Waals surface area (Å²) in [6, 6.07) is 8.64. The number of carbonyl (C=O) groups excluding carboxylic acids is 2. The van der Waals surface area contributed by atoms with Gasteiger partial charge >= 0.3 is 24.3 Å². The summed E-state index contributed by atoms with van der Waals surface area (Å²) in [5, 5.41) is 0. The number of alkyl halides is 6. The van der Waals surface area contributed by atoms with Crippen molar-refractivity contribution in [3.8, 4) is 11.5 Å². The van der Waals surface area contributed by atoms with Crippen molar-refractivity contribution < 1.29 is 45.4 Å². The minimum Gasteiger partial charge on any atom is -0.423 e. The monoisotopic (exact) mass is 498 g/mol. The predicted octanol–water partition coefficient (Wildman–Crippen LogP) is 5.64. The van der Waals surface area contributed by atoms with E-state index in [0.29, 0.717) is 12.1 Å². The average molecular weight is 498 g/mol. The Morgan fingerprint density at radius 2 is 1.40 bits per heavy atom. The molecule has 0 fully saturated rings. The maximum absolute atomic E-state index is 13.3. The second-order valence-electron chi connectivity index (χ2n) is 7.31. The molecular weight excluding hydrogens is 482 g/mol. The molecule has 0 aliphatic heterocycles. The fraction of sp³-hybridized carbons (Fsp3) is 0.130. The molecule has 0 aliphatic carbocycles. The van der Waals surface area contributed by atoms with E-state index in [1.807, 2.05) is 0 Å². The molecule has 184 valence electrons. The first kappa shape index (κ1) is 25.4. The molecule has 0 unspecified atom stereocenters. The molecular formula is C23H16F6N2O4. The Morgan fingerprint density at radius 3 is 2.00 bits per heavy atom. The number of rotatable bonds is 4. The molecule has 3 aromatic carbocycles. The summed E-state index contributed by atoms with van der Waals surface area (Å²) >= 11 is 0. The van der Waals surface area contributed by atoms with E-state index in [1.54, 1.807) is 0 Å². The Labute approximate surface area is 194 Å². The fourth-order valence-corrected chi connectivity index (χ4v) is 3.03. The Hall–Kier alpha value is -4.22. The number of carbonyl (C=O) groups is 2. The van der Waals surface area contributed by atoms with Gasteiger partial charge in [0, 0.05) is 11.4 Å². The lowest BCUT2D eigenvalue weighted by Crippen LogP contribution is -2.18. The largest absolute Gasteiger partial charge is 0.423 e. The SMILES string of the molecule is Cc1cc(C(=O)Oc2ccc(N)c(C(F)(F)F)c2)ccc1OC(=O)c1ccc(N)cc1C(F)(F)F. The van der Waals surface area contributed by atoms with Crippen LogP contribution >= 0.6 is 0 Å². The van der Waals surface area contributed by atoms with Crippen LogP contribution in [0.5, 0.6) is 11.5 Å². The molecule has 0 saturated heterocycles. The lowest BCUT2D eigenvalue weighted by molar-refractivity contribution is -0.138. The minimum absolute atomic E-state index is 0.115. The summed E-state index contributed by atoms with van der Waals surface area (Å²) in [4.78, 5) is 24.8. The quantitative estimate of drug-likeness (QED) is 0.209. The number of hydrogen-bond donors (Lipinski definition) is 2. The average Bonchev–Trinajstić information content (AvgIpc) is 2.74. The molecule has 0 aliphatic rings. The normalized spacial score (nSPS) is 11.7. The van der Waals surface area contributed by atoms with E-state index in [-0.39, 0.29) is 22.6 Å². The highest BCUT2D eigenvalue weighted by Gasteiger charge is 2.36. The molecule has 0 amide bonds. The molecule has 0 bridgehead atoms. The summed E-state index contributed by atoms with van der Waals surface area (Å²) in [7, 11) is 0. The van der Waals surface area contributed by atoms with Crippen LogP contribution in [0.3, 0.4) is 0 Å². The van der Waals surface area contributed by atoms with Gasteiger partial charge in [-0.25, -0.2) is 9.59 Å². The number of benzene rings is 3. The molecule has 35 heavy (non-hydrogen) atoms. The third-order valence-electron chi connectivity index (χ3n) is 4.72. The van der Waals surface area contributed by atoms with Crippen molar-refractivity contribution in [2.24, 2.45) is 0 Å². The van der Waals surface area contributed by atoms with E-state index in [1.165, 1.54) is 13.0 Å². The lowest BCUT2D eigenvalue weighted by atomic mass is 10.1. The number of ether oxygens (including phenoxy) is 2. The van der Waals surface area contributed by atoms with E-state index >= 15 is 0 Å². The van der Waals surface area contributed by atoms with E-state index in [9.17, 15) is 35.9 Å². The smallest absolute Gasteiger partial charge is 0.418 e. The zero-order valence-electron chi connectivity index (χ0n) is 17.8. The molecule has 0 spiro atoms. The minimum atomic E-state index is -4.86. The van der Waals surface area contributed by atoms with Crippen LogP contribution in [0.4, 0.5) is 37.7 Å². The number of hydrogen-bond acceptors (Lipinski definition) is 6. The topological polar surface area (TPSA) is 105 Å². The van der Waals surface area contributed by atoms with Crippen LogP contribution in [-0.2, 0) is 12.4 Å². The van der Waals surface area contributed by atoms with E-state index in [4.69, 9.17) is 20.9 Å². The molecule has 0 aromatic heterocycles. The van der Waals surface area contributed by atoms with Gasteiger partial charge in [-0.2, -0.15) is 26.3 Å². The number of halogens is 6. The zero-order chi connectivity index (χ0) is 26.1. The van der Waals surface area contributed by atoms with Gasteiger partial charge in [-0.1, -0.05) is 0 Å². The number of aryl methyl sites for hydroxylation is 1. The van der Waals surface area contributed by atoms with Crippen molar-refractivity contribution in [2.45, 2.75) is 19.3 Å². The fourth-order valence-electron chi connectivity index (χ4n) is 3.03. The molecule has 0 atom stereocenters. The first-order chi connectivity index (χ1) is 16.2. The standard InChI is InChI=1S/C23H16F6N2O4/c1-11-8-12(20(32)34-14-4-6-18(31)17(10-14)23(27,28)29)2-7-19(11)35-21(33)15-5-3-13(30)9-16(15)22(24,25)26/h2-10H,30-31H2,1H3. The highest BCUT2D eigenvalue weighted by atomic mass is 19.4. The van der Waals surface area contributed by atoms with Crippen molar-refractivity contribution in [2.75, 3.05) is 11.5 Å². The maximum Gasteiger partial charge on any atom is 0.418 e. The summed E-state index contributed by atoms with van der Waals surface area (Å²) in [6.45, 7) is 1.40. The highest BCUT2D eigenvalue weighted by Crippen LogP contribution is 2.36. The summed E-state index contributed by atoms with van der Waals surface area (Å²) in [5.41, 5.74) is 6.78. The van der Waals surface area contributed by atoms with Gasteiger partial charge in [0.15, 0.2) is 0 Å². The van der Waals surface area contributed by atoms with Crippen molar-refractivity contribution in [3.05, 3.63) is 82.4 Å². The first-order valence-corrected chi connectivity index (χ1v) is 9.65. The lowest BCUT2D eigenvalue weighted by Gasteiger charge is -2.14. The van der Waals surface area contributed by atoms with Crippen molar-refractivity contribution in [1.82, 2.24) is 0 Å². The Morgan fingerprint density at radius 1 is 0.743 bits per heavy atom. The van der Waals surface area contributed by atoms with Gasteiger partial charge in [0.1, 0.15) is 11.5 Å². The van der Waals surface area contributed by atoms with Crippen LogP contribution in [0.1, 0.15) is 37.4 Å². The molecule has 0 saturated carbocycles. The molecule has 12 heteroatoms. The number of nitrogens with two attached hydrogens (primary N) is 2. The van der Waals surface area contributed by atoms with E-state index < -0.39 is 52.4 Å². The number of nitrogen functional groups attached to an aromatic ring is 2. The second kappa shape index (κ2) is 9.20. The van der Waals surface area contributed by atoms with Gasteiger partial charge in [-0.05, 0) is 67.1 Å². The van der Waals surface area contributed by atoms with Crippen molar-refractivity contribution >= 4 is 23.3 Å². The maximum atomic E-state index is 13.3. The van der Waals surface area contributed by atoms with Gasteiger partial charge in [0.2, 0.25) is 0 Å². The third kappa shape index (κ3) is 5.83. The summed E-state index contributed by atoms with van der Waals surface area (Å²) in [6.07, 6.45) is -9.62. The van der Waals surface area contributed by atoms with Gasteiger partial charge in [-0.3, -0.25) is 0 Å². The van der Waals surface area contributed by atoms with Crippen LogP contribution < -0.4 is 20.9 Å². The van der Waals surface area contributed by atoms with Crippen LogP contribution in [0.25, 0.3) is 0 Å². The molecule has 4 N–H and O–H groups in total. The zero-order valence-corrected chi connectivity index (χ0v) is 17.8. The van der Waals surface area contributed by atoms with E-state index in [2.05, 4.69) is 0 Å². The van der Waals surface area contributed by atoms with Crippen LogP contribution in [-0.4, -0.2) is 11.9 Å². The third-order valence-corrected chi connectivity index (χ3v) is 4.72. The molecule has 0 heterocycles. The molecule has 3 aromatic rings. The Bertz CT molecular complexity index is 1300. The first-order valence-electron chi connectivity index (χ1n) is 9.65. The van der Waals surface area contributed by atoms with Gasteiger partial charge in [0.05, 0.1) is 22.3 Å². The van der Waals surface area contributed by atoms with Crippen molar-refractivity contribution in [1.29, 1.82) is 0 Å². The van der Waals surface area contributed by atoms with Gasteiger partial charge in [-0.15, -0.1) is 0 Å². The Kier molecular flexibility index (Phi) is 6.68. The number of esters is 2. The van der Waals surface area contributed by atoms with Gasteiger partial charge in [0.25, 0.3) is 0 Å². The van der Waals surface area contributed by atoms with E-state index in [0.717, 1.165) is 36.4 Å². The van der Waals surface area contributed by atoms with Crippen LogP contribution in [0.2, 0.25) is 0 Å². The summed E-state index contributed by atoms with van der Waals surface area (Å²) in [5.74, 6) is -2.89. The van der Waals surface area contributed by atoms with Crippen LogP contribution in [0.15, 0.2) is 54.6 Å². The van der Waals surface area contributed by atoms with Crippen molar-refractivity contribution in [3.63, 3.8) is 0 Å². The molecule has 6 nitrogen and oxygen atoms in total. The summed E-state index contributed by atoms with van der Waals surface area (Å²) < 4.78 is 88.8. The Balaban J connectivity index is 1.80. The highest BCUT2D eigenvalue weighted by molar-refractivity contribution is 5.94. The predicted molar refractivity (Wildman–Crippen MR) is 113 cm³/mol. The molecule has 3 rings (SSSR count). The number of anilines is 2. The molecule has 0 radical (unpaired) electrons. The van der Waals surface area contributed by atoms with Crippen LogP contribution in [0, 0.1) is 6.92 Å². The second-order valence-corrected chi connectivity index (χ2v) is 7.31.